The van der Waals surface area contributed by atoms with Gasteiger partial charge < -0.3 is 25.0 Å². The molecule has 0 bridgehead atoms. The summed E-state index contributed by atoms with van der Waals surface area (Å²) in [5, 5.41) is 6.71. The molecule has 0 saturated carbocycles. The number of guanidine groups is 1. The van der Waals surface area contributed by atoms with Gasteiger partial charge in [-0.15, -0.1) is 24.0 Å². The average Bonchev–Trinajstić information content (AvgIpc) is 3.24. The van der Waals surface area contributed by atoms with Gasteiger partial charge in [-0.05, 0) is 55.7 Å². The molecular formula is C23H32FIN4O2. The Hall–Kier alpha value is -2.23. The molecule has 0 spiro atoms. The van der Waals surface area contributed by atoms with Crippen molar-refractivity contribution >= 4 is 35.6 Å². The standard InChI is InChI=1S/C23H31FN4O2.HI/c1-17(30-21-9-7-19(24)8-10-21)14-26-23(25-2)27-15-18-11-12-28(16-18)20-5-4-6-22(13-20)29-3;/h4-10,13,17-18H,11-12,14-16H2,1-3H3,(H2,25,26,27);1H. The Morgan fingerprint density at radius 1 is 1.19 bits per heavy atom. The second kappa shape index (κ2) is 12.6. The van der Waals surface area contributed by atoms with Crippen LogP contribution in [-0.4, -0.2) is 52.4 Å². The van der Waals surface area contributed by atoms with E-state index >= 15 is 0 Å². The van der Waals surface area contributed by atoms with Crippen LogP contribution < -0.4 is 25.0 Å². The summed E-state index contributed by atoms with van der Waals surface area (Å²) in [6, 6.07) is 14.3. The molecule has 2 N–H and O–H groups in total. The van der Waals surface area contributed by atoms with Crippen molar-refractivity contribution in [3.8, 4) is 11.5 Å². The van der Waals surface area contributed by atoms with E-state index in [1.807, 2.05) is 19.1 Å². The number of hydrogen-bond acceptors (Lipinski definition) is 4. The van der Waals surface area contributed by atoms with E-state index in [1.54, 1.807) is 26.3 Å². The maximum atomic E-state index is 13.0. The zero-order valence-electron chi connectivity index (χ0n) is 18.3. The van der Waals surface area contributed by atoms with E-state index in [4.69, 9.17) is 9.47 Å². The number of halogens is 2. The van der Waals surface area contributed by atoms with E-state index in [2.05, 4.69) is 32.7 Å². The lowest BCUT2D eigenvalue weighted by atomic mass is 10.1. The molecule has 2 unspecified atom stereocenters. The summed E-state index contributed by atoms with van der Waals surface area (Å²) in [6.45, 7) is 5.45. The molecule has 1 aliphatic heterocycles. The highest BCUT2D eigenvalue weighted by Gasteiger charge is 2.23. The van der Waals surface area contributed by atoms with Crippen molar-refractivity contribution in [1.82, 2.24) is 10.6 Å². The topological polar surface area (TPSA) is 58.1 Å². The van der Waals surface area contributed by atoms with Gasteiger partial charge in [-0.3, -0.25) is 4.99 Å². The number of hydrogen-bond donors (Lipinski definition) is 2. The van der Waals surface area contributed by atoms with Crippen LogP contribution >= 0.6 is 24.0 Å². The summed E-state index contributed by atoms with van der Waals surface area (Å²) in [4.78, 5) is 6.69. The maximum absolute atomic E-state index is 13.0. The predicted molar refractivity (Wildman–Crippen MR) is 135 cm³/mol. The number of anilines is 1. The van der Waals surface area contributed by atoms with Crippen LogP contribution in [0.3, 0.4) is 0 Å². The summed E-state index contributed by atoms with van der Waals surface area (Å²) in [7, 11) is 3.46. The molecule has 0 amide bonds. The van der Waals surface area contributed by atoms with Crippen molar-refractivity contribution in [2.45, 2.75) is 19.4 Å². The smallest absolute Gasteiger partial charge is 0.191 e. The van der Waals surface area contributed by atoms with Gasteiger partial charge in [-0.25, -0.2) is 4.39 Å². The monoisotopic (exact) mass is 542 g/mol. The van der Waals surface area contributed by atoms with Gasteiger partial charge in [0.05, 0.1) is 13.7 Å². The van der Waals surface area contributed by atoms with Gasteiger partial charge in [0.1, 0.15) is 23.4 Å². The summed E-state index contributed by atoms with van der Waals surface area (Å²) >= 11 is 0. The number of methoxy groups -OCH3 is 1. The minimum absolute atomic E-state index is 0. The van der Waals surface area contributed by atoms with Gasteiger partial charge in [-0.1, -0.05) is 6.07 Å². The Morgan fingerprint density at radius 3 is 2.68 bits per heavy atom. The van der Waals surface area contributed by atoms with E-state index in [0.29, 0.717) is 18.2 Å². The molecule has 2 aromatic rings. The fourth-order valence-corrected chi connectivity index (χ4v) is 3.53. The zero-order valence-corrected chi connectivity index (χ0v) is 20.6. The molecule has 1 aliphatic rings. The van der Waals surface area contributed by atoms with Crippen LogP contribution in [0.4, 0.5) is 10.1 Å². The second-order valence-electron chi connectivity index (χ2n) is 7.52. The van der Waals surface area contributed by atoms with Crippen LogP contribution in [0.25, 0.3) is 0 Å². The Balaban J connectivity index is 0.00000341. The molecule has 170 valence electrons. The fourth-order valence-electron chi connectivity index (χ4n) is 3.53. The van der Waals surface area contributed by atoms with E-state index in [9.17, 15) is 4.39 Å². The van der Waals surface area contributed by atoms with Crippen molar-refractivity contribution in [2.24, 2.45) is 10.9 Å². The first-order chi connectivity index (χ1) is 14.6. The van der Waals surface area contributed by atoms with Crippen LogP contribution in [-0.2, 0) is 0 Å². The molecule has 1 fully saturated rings. The Morgan fingerprint density at radius 2 is 1.97 bits per heavy atom. The lowest BCUT2D eigenvalue weighted by Gasteiger charge is -2.21. The molecule has 2 aromatic carbocycles. The minimum Gasteiger partial charge on any atom is -0.497 e. The van der Waals surface area contributed by atoms with E-state index in [1.165, 1.54) is 17.8 Å². The van der Waals surface area contributed by atoms with Crippen molar-refractivity contribution in [2.75, 3.05) is 45.2 Å². The Labute approximate surface area is 201 Å². The third-order valence-electron chi connectivity index (χ3n) is 5.19. The molecule has 1 heterocycles. The minimum atomic E-state index is -0.269. The predicted octanol–water partition coefficient (Wildman–Crippen LogP) is 3.91. The number of nitrogens with zero attached hydrogens (tertiary/aromatic N) is 2. The third kappa shape index (κ3) is 7.75. The Bertz CT molecular complexity index is 835. The molecule has 1 saturated heterocycles. The molecule has 6 nitrogen and oxygen atoms in total. The van der Waals surface area contributed by atoms with Crippen LogP contribution in [0.2, 0.25) is 0 Å². The number of ether oxygens (including phenoxy) is 2. The summed E-state index contributed by atoms with van der Waals surface area (Å²) < 4.78 is 24.1. The fraction of sp³-hybridized carbons (Fsp3) is 0.435. The first-order valence-corrected chi connectivity index (χ1v) is 10.3. The van der Waals surface area contributed by atoms with Crippen molar-refractivity contribution in [3.63, 3.8) is 0 Å². The van der Waals surface area contributed by atoms with Gasteiger partial charge in [0.25, 0.3) is 0 Å². The van der Waals surface area contributed by atoms with Crippen molar-refractivity contribution in [3.05, 3.63) is 54.3 Å². The molecule has 8 heteroatoms. The highest BCUT2D eigenvalue weighted by atomic mass is 127. The van der Waals surface area contributed by atoms with Crippen LogP contribution in [0, 0.1) is 11.7 Å². The van der Waals surface area contributed by atoms with Crippen LogP contribution in [0.15, 0.2) is 53.5 Å². The first-order valence-electron chi connectivity index (χ1n) is 10.3. The Kier molecular flexibility index (Phi) is 10.2. The van der Waals surface area contributed by atoms with Gasteiger partial charge in [0.2, 0.25) is 0 Å². The largest absolute Gasteiger partial charge is 0.497 e. The molecule has 31 heavy (non-hydrogen) atoms. The highest BCUT2D eigenvalue weighted by molar-refractivity contribution is 14.0. The summed E-state index contributed by atoms with van der Waals surface area (Å²) in [5.41, 5.74) is 1.20. The van der Waals surface area contributed by atoms with E-state index in [-0.39, 0.29) is 35.9 Å². The molecule has 2 atom stereocenters. The SMILES string of the molecule is CN=C(NCC1CCN(c2cccc(OC)c2)C1)NCC(C)Oc1ccc(F)cc1.I. The molecular weight excluding hydrogens is 510 g/mol. The van der Waals surface area contributed by atoms with Gasteiger partial charge >= 0.3 is 0 Å². The zero-order chi connectivity index (χ0) is 21.3. The van der Waals surface area contributed by atoms with Gasteiger partial charge in [0, 0.05) is 38.4 Å². The van der Waals surface area contributed by atoms with Gasteiger partial charge in [-0.2, -0.15) is 0 Å². The third-order valence-corrected chi connectivity index (χ3v) is 5.19. The molecule has 0 aliphatic carbocycles. The number of aliphatic imine (C=N–C) groups is 1. The number of nitrogens with one attached hydrogen (secondary N) is 2. The summed E-state index contributed by atoms with van der Waals surface area (Å²) in [6.07, 6.45) is 1.05. The lowest BCUT2D eigenvalue weighted by molar-refractivity contribution is 0.223. The van der Waals surface area contributed by atoms with Crippen molar-refractivity contribution < 1.29 is 13.9 Å². The van der Waals surface area contributed by atoms with E-state index in [0.717, 1.165) is 37.8 Å². The van der Waals surface area contributed by atoms with E-state index < -0.39 is 0 Å². The quantitative estimate of drug-likeness (QED) is 0.301. The summed E-state index contributed by atoms with van der Waals surface area (Å²) in [5.74, 6) is 2.56. The molecule has 0 radical (unpaired) electrons. The maximum Gasteiger partial charge on any atom is 0.191 e. The normalized spacial score (nSPS) is 17.0. The second-order valence-corrected chi connectivity index (χ2v) is 7.52. The number of benzene rings is 2. The lowest BCUT2D eigenvalue weighted by Crippen LogP contribution is -2.43. The molecule has 0 aromatic heterocycles. The van der Waals surface area contributed by atoms with Crippen LogP contribution in [0.1, 0.15) is 13.3 Å². The number of rotatable bonds is 8. The molecule has 3 rings (SSSR count). The highest BCUT2D eigenvalue weighted by Crippen LogP contribution is 2.26. The van der Waals surface area contributed by atoms with Crippen molar-refractivity contribution in [1.29, 1.82) is 0 Å². The first kappa shape index (κ1) is 25.0. The van der Waals surface area contributed by atoms with Crippen LogP contribution in [0.5, 0.6) is 11.5 Å². The average molecular weight is 542 g/mol. The van der Waals surface area contributed by atoms with Gasteiger partial charge in [0.15, 0.2) is 5.96 Å².